The zero-order valence-electron chi connectivity index (χ0n) is 11.1. The quantitative estimate of drug-likeness (QED) is 0.473. The van der Waals surface area contributed by atoms with Gasteiger partial charge in [0.2, 0.25) is 0 Å². The molecule has 7 nitrogen and oxygen atoms in total. The van der Waals surface area contributed by atoms with E-state index < -0.39 is 25.5 Å². The van der Waals surface area contributed by atoms with Crippen LogP contribution in [0.15, 0.2) is 41.4 Å². The molecule has 0 spiro atoms. The van der Waals surface area contributed by atoms with Crippen LogP contribution in [-0.2, 0) is 10.0 Å². The molecule has 0 amide bonds. The lowest BCUT2D eigenvalue weighted by molar-refractivity contribution is -0.387. The van der Waals surface area contributed by atoms with Crippen molar-refractivity contribution in [2.75, 3.05) is 11.4 Å². The maximum absolute atomic E-state index is 12.6. The Kier molecular flexibility index (Phi) is 4.55. The third-order valence-electron chi connectivity index (χ3n) is 2.83. The van der Waals surface area contributed by atoms with Crippen molar-refractivity contribution in [3.8, 4) is 0 Å². The van der Waals surface area contributed by atoms with Crippen LogP contribution < -0.4 is 4.31 Å². The molecule has 1 aromatic carbocycles. The van der Waals surface area contributed by atoms with Crippen molar-refractivity contribution in [3.63, 3.8) is 0 Å². The molecule has 22 heavy (non-hydrogen) atoms. The minimum Gasteiger partial charge on any atom is -0.266 e. The smallest absolute Gasteiger partial charge is 0.266 e. The molecule has 0 atom stereocenters. The second kappa shape index (κ2) is 6.07. The Hall–Kier alpha value is -1.90. The summed E-state index contributed by atoms with van der Waals surface area (Å²) in [5.41, 5.74) is -0.507. The Morgan fingerprint density at radius 1 is 1.27 bits per heavy atom. The van der Waals surface area contributed by atoms with Gasteiger partial charge >= 0.3 is 0 Å². The largest absolute Gasteiger partial charge is 0.291 e. The van der Waals surface area contributed by atoms with Gasteiger partial charge in [-0.1, -0.05) is 23.2 Å². The highest BCUT2D eigenvalue weighted by atomic mass is 35.5. The summed E-state index contributed by atoms with van der Waals surface area (Å²) in [7, 11) is -2.97. The maximum Gasteiger partial charge on any atom is 0.291 e. The van der Waals surface area contributed by atoms with Crippen molar-refractivity contribution >= 4 is 44.6 Å². The van der Waals surface area contributed by atoms with Crippen LogP contribution in [0.4, 0.5) is 11.4 Å². The Bertz CT molecular complexity index is 842. The zero-order valence-corrected chi connectivity index (χ0v) is 13.4. The molecule has 1 aromatic heterocycles. The number of nitro benzene ring substituents is 1. The second-order valence-corrected chi connectivity index (χ2v) is 6.89. The highest BCUT2D eigenvalue weighted by molar-refractivity contribution is 7.93. The van der Waals surface area contributed by atoms with Gasteiger partial charge in [-0.05, 0) is 24.3 Å². The van der Waals surface area contributed by atoms with Gasteiger partial charge in [-0.15, -0.1) is 0 Å². The Morgan fingerprint density at radius 2 is 1.95 bits per heavy atom. The van der Waals surface area contributed by atoms with E-state index in [1.165, 1.54) is 31.4 Å². The number of hydrogen-bond acceptors (Lipinski definition) is 5. The molecular formula is C12H9Cl2N3O4S. The normalized spacial score (nSPS) is 11.2. The van der Waals surface area contributed by atoms with Crippen LogP contribution in [0.1, 0.15) is 0 Å². The topological polar surface area (TPSA) is 93.4 Å². The lowest BCUT2D eigenvalue weighted by Gasteiger charge is -2.19. The first-order chi connectivity index (χ1) is 10.2. The fourth-order valence-electron chi connectivity index (χ4n) is 1.74. The van der Waals surface area contributed by atoms with E-state index in [9.17, 15) is 18.5 Å². The number of nitro groups is 1. The highest BCUT2D eigenvalue weighted by Crippen LogP contribution is 2.32. The molecule has 10 heteroatoms. The lowest BCUT2D eigenvalue weighted by atomic mass is 10.3. The number of aromatic nitrogens is 1. The lowest BCUT2D eigenvalue weighted by Crippen LogP contribution is -2.27. The summed E-state index contributed by atoms with van der Waals surface area (Å²) in [5, 5.41) is 11.1. The molecule has 0 bridgehead atoms. The predicted octanol–water partition coefficient (Wildman–Crippen LogP) is 3.12. The van der Waals surface area contributed by atoms with Crippen LogP contribution in [0.3, 0.4) is 0 Å². The van der Waals surface area contributed by atoms with Crippen LogP contribution in [0, 0.1) is 10.1 Å². The Morgan fingerprint density at radius 3 is 2.55 bits per heavy atom. The Labute approximate surface area is 136 Å². The number of anilines is 1. The summed E-state index contributed by atoms with van der Waals surface area (Å²) in [6.07, 6.45) is 1.40. The van der Waals surface area contributed by atoms with Gasteiger partial charge < -0.3 is 0 Å². The third kappa shape index (κ3) is 2.99. The number of hydrogen-bond donors (Lipinski definition) is 0. The van der Waals surface area contributed by atoms with Crippen LogP contribution in [0.25, 0.3) is 0 Å². The van der Waals surface area contributed by atoms with Gasteiger partial charge in [0.15, 0.2) is 10.0 Å². The minimum atomic E-state index is -4.20. The van der Waals surface area contributed by atoms with Crippen molar-refractivity contribution in [1.29, 1.82) is 0 Å². The van der Waals surface area contributed by atoms with E-state index >= 15 is 0 Å². The van der Waals surface area contributed by atoms with E-state index in [0.717, 1.165) is 16.4 Å². The van der Waals surface area contributed by atoms with Crippen molar-refractivity contribution < 1.29 is 13.3 Å². The monoisotopic (exact) mass is 361 g/mol. The molecule has 116 valence electrons. The van der Waals surface area contributed by atoms with Crippen molar-refractivity contribution in [2.24, 2.45) is 0 Å². The van der Waals surface area contributed by atoms with Crippen LogP contribution in [-0.4, -0.2) is 25.4 Å². The molecular weight excluding hydrogens is 353 g/mol. The van der Waals surface area contributed by atoms with Crippen LogP contribution in [0.5, 0.6) is 0 Å². The number of benzene rings is 1. The molecule has 0 aliphatic carbocycles. The molecule has 0 saturated heterocycles. The summed E-state index contributed by atoms with van der Waals surface area (Å²) in [6, 6.07) is 6.27. The molecule has 0 aliphatic heterocycles. The SMILES string of the molecule is CN(c1cccnc1Cl)S(=O)(=O)c1ccc(Cl)cc1[N+](=O)[O-]. The van der Waals surface area contributed by atoms with Crippen molar-refractivity contribution in [3.05, 3.63) is 56.8 Å². The second-order valence-electron chi connectivity index (χ2n) is 4.16. The number of halogens is 2. The third-order valence-corrected chi connectivity index (χ3v) is 5.18. The molecule has 0 N–H and O–H groups in total. The Balaban J connectivity index is 2.61. The molecule has 2 rings (SSSR count). The van der Waals surface area contributed by atoms with Crippen LogP contribution >= 0.6 is 23.2 Å². The summed E-state index contributed by atoms with van der Waals surface area (Å²) in [6.45, 7) is 0. The summed E-state index contributed by atoms with van der Waals surface area (Å²) in [5.74, 6) is 0. The standard InChI is InChI=1S/C12H9Cl2N3O4S/c1-16(9-3-2-6-15-12(9)14)22(20,21)11-5-4-8(13)7-10(11)17(18)19/h2-7H,1H3. The van der Waals surface area contributed by atoms with E-state index in [2.05, 4.69) is 4.98 Å². The number of rotatable bonds is 4. The van der Waals surface area contributed by atoms with E-state index in [1.54, 1.807) is 0 Å². The van der Waals surface area contributed by atoms with Gasteiger partial charge in [-0.2, -0.15) is 0 Å². The van der Waals surface area contributed by atoms with Crippen molar-refractivity contribution in [1.82, 2.24) is 4.98 Å². The fourth-order valence-corrected chi connectivity index (χ4v) is 3.54. The summed E-state index contributed by atoms with van der Waals surface area (Å²) in [4.78, 5) is 13.6. The number of sulfonamides is 1. The van der Waals surface area contributed by atoms with Gasteiger partial charge in [0, 0.05) is 24.3 Å². The van der Waals surface area contributed by atoms with E-state index in [4.69, 9.17) is 23.2 Å². The van der Waals surface area contributed by atoms with E-state index in [0.29, 0.717) is 0 Å². The number of nitrogens with zero attached hydrogens (tertiary/aromatic N) is 3. The first-order valence-electron chi connectivity index (χ1n) is 5.78. The molecule has 0 aliphatic rings. The van der Waals surface area contributed by atoms with E-state index in [1.807, 2.05) is 0 Å². The molecule has 1 heterocycles. The molecule has 2 aromatic rings. The van der Waals surface area contributed by atoms with Gasteiger partial charge in [-0.3, -0.25) is 14.4 Å². The predicted molar refractivity (Wildman–Crippen MR) is 82.9 cm³/mol. The highest BCUT2D eigenvalue weighted by Gasteiger charge is 2.31. The van der Waals surface area contributed by atoms with Gasteiger partial charge in [0.05, 0.1) is 10.6 Å². The van der Waals surface area contributed by atoms with Gasteiger partial charge in [0.25, 0.3) is 15.7 Å². The minimum absolute atomic E-state index is 0.0369. The van der Waals surface area contributed by atoms with Crippen LogP contribution in [0.2, 0.25) is 10.2 Å². The molecule has 0 unspecified atom stereocenters. The first kappa shape index (κ1) is 16.5. The van der Waals surface area contributed by atoms with Gasteiger partial charge in [-0.25, -0.2) is 13.4 Å². The summed E-state index contributed by atoms with van der Waals surface area (Å²) < 4.78 is 26.1. The van der Waals surface area contributed by atoms with E-state index in [-0.39, 0.29) is 15.9 Å². The average molecular weight is 362 g/mol. The molecule has 0 saturated carbocycles. The average Bonchev–Trinajstić information content (AvgIpc) is 2.46. The summed E-state index contributed by atoms with van der Waals surface area (Å²) >= 11 is 11.6. The maximum atomic E-state index is 12.6. The number of pyridine rings is 1. The first-order valence-corrected chi connectivity index (χ1v) is 7.98. The molecule has 0 fully saturated rings. The van der Waals surface area contributed by atoms with Crippen molar-refractivity contribution in [2.45, 2.75) is 4.90 Å². The fraction of sp³-hybridized carbons (Fsp3) is 0.0833. The zero-order chi connectivity index (χ0) is 16.5. The molecule has 0 radical (unpaired) electrons. The van der Waals surface area contributed by atoms with Gasteiger partial charge in [0.1, 0.15) is 0 Å².